The lowest BCUT2D eigenvalue weighted by atomic mass is 9.80. The van der Waals surface area contributed by atoms with Gasteiger partial charge in [-0.1, -0.05) is 30.3 Å². The molecule has 3 atom stereocenters. The number of hydrogen-bond acceptors (Lipinski definition) is 7. The minimum atomic E-state index is -1.06. The molecule has 8 heteroatoms. The Morgan fingerprint density at radius 2 is 2.04 bits per heavy atom. The number of nitrogens with zero attached hydrogens (tertiary/aromatic N) is 1. The first-order chi connectivity index (χ1) is 11.6. The smallest absolute Gasteiger partial charge is 0.497 e. The van der Waals surface area contributed by atoms with E-state index >= 15 is 0 Å². The summed E-state index contributed by atoms with van der Waals surface area (Å²) in [6, 6.07) is 9.10. The minimum absolute atomic E-state index is 0.0820. The van der Waals surface area contributed by atoms with E-state index in [9.17, 15) is 9.59 Å². The van der Waals surface area contributed by atoms with Gasteiger partial charge in [-0.3, -0.25) is 22.0 Å². The molecule has 0 radical (unpaired) electrons. The summed E-state index contributed by atoms with van der Waals surface area (Å²) < 4.78 is 16.4. The minimum Gasteiger partial charge on any atom is -0.497 e. The number of rotatable bonds is 2. The zero-order chi connectivity index (χ0) is 16.7. The molecule has 3 saturated heterocycles. The van der Waals surface area contributed by atoms with Crippen molar-refractivity contribution >= 4 is 19.1 Å². The molecule has 0 bridgehead atoms. The number of benzene rings is 1. The molecule has 126 valence electrons. The summed E-state index contributed by atoms with van der Waals surface area (Å²) in [5.74, 6) is -0.965. The number of epoxide rings is 1. The van der Waals surface area contributed by atoms with Crippen molar-refractivity contribution in [3.63, 3.8) is 0 Å². The quantitative estimate of drug-likeness (QED) is 0.479. The zero-order valence-corrected chi connectivity index (χ0v) is 13.1. The first-order valence-corrected chi connectivity index (χ1v) is 8.04. The van der Waals surface area contributed by atoms with Crippen LogP contribution in [-0.4, -0.2) is 48.7 Å². The van der Waals surface area contributed by atoms with Crippen LogP contribution in [0.5, 0.6) is 0 Å². The molecule has 3 aliphatic heterocycles. The zero-order valence-electron chi connectivity index (χ0n) is 13.1. The summed E-state index contributed by atoms with van der Waals surface area (Å²) in [4.78, 5) is 26.2. The van der Waals surface area contributed by atoms with Crippen molar-refractivity contribution in [2.24, 2.45) is 0 Å². The fourth-order valence-electron chi connectivity index (χ4n) is 3.36. The van der Waals surface area contributed by atoms with Gasteiger partial charge in [0.2, 0.25) is 0 Å². The number of nitrogens with one attached hydrogen (secondary N) is 1. The highest BCUT2D eigenvalue weighted by Gasteiger charge is 2.58. The Morgan fingerprint density at radius 1 is 1.25 bits per heavy atom. The highest BCUT2D eigenvalue weighted by molar-refractivity contribution is 6.51. The van der Waals surface area contributed by atoms with E-state index in [4.69, 9.17) is 14.0 Å². The third-order valence-corrected chi connectivity index (χ3v) is 4.72. The van der Waals surface area contributed by atoms with E-state index in [2.05, 4.69) is 12.4 Å². The van der Waals surface area contributed by atoms with E-state index < -0.39 is 30.7 Å². The second-order valence-electron chi connectivity index (χ2n) is 6.28. The van der Waals surface area contributed by atoms with Gasteiger partial charge in [0.05, 0.1) is 6.54 Å². The predicted octanol–water partition coefficient (Wildman–Crippen LogP) is 0.427. The van der Waals surface area contributed by atoms with Gasteiger partial charge in [0.1, 0.15) is 11.8 Å². The molecule has 0 saturated carbocycles. The Morgan fingerprint density at radius 3 is 2.75 bits per heavy atom. The first kappa shape index (κ1) is 15.6. The summed E-state index contributed by atoms with van der Waals surface area (Å²) in [5, 5.41) is 3.12. The maximum Gasteiger partial charge on any atom is 0.633 e. The molecule has 3 aliphatic rings. The highest BCUT2D eigenvalue weighted by Crippen LogP contribution is 2.41. The SMILES string of the molecule is [CH2-]N1CC(=O)OB(C2OC2c2ccccc2)OC(=O)[C@@]12CCCN2. The van der Waals surface area contributed by atoms with E-state index in [0.29, 0.717) is 13.0 Å². The summed E-state index contributed by atoms with van der Waals surface area (Å²) in [5.41, 5.74) is -0.0985. The summed E-state index contributed by atoms with van der Waals surface area (Å²) in [6.45, 7) is 0.592. The largest absolute Gasteiger partial charge is 0.633 e. The van der Waals surface area contributed by atoms with Crippen LogP contribution in [0.15, 0.2) is 30.3 Å². The van der Waals surface area contributed by atoms with Gasteiger partial charge in [0, 0.05) is 0 Å². The summed E-state index contributed by atoms with van der Waals surface area (Å²) in [6.07, 6.45) is 1.12. The topological polar surface area (TPSA) is 80.4 Å². The Labute approximate surface area is 140 Å². The van der Waals surface area contributed by atoms with Crippen LogP contribution < -0.4 is 5.32 Å². The average Bonchev–Trinajstić information content (AvgIpc) is 3.21. The number of carbonyl (C=O) groups excluding carboxylic acids is 2. The second-order valence-corrected chi connectivity index (χ2v) is 6.28. The van der Waals surface area contributed by atoms with Crippen molar-refractivity contribution in [1.29, 1.82) is 0 Å². The second kappa shape index (κ2) is 5.88. The molecule has 1 aromatic rings. The molecule has 0 amide bonds. The van der Waals surface area contributed by atoms with Gasteiger partial charge in [-0.15, -0.1) is 0 Å². The van der Waals surface area contributed by atoms with Crippen LogP contribution >= 0.6 is 0 Å². The summed E-state index contributed by atoms with van der Waals surface area (Å²) in [7, 11) is 2.78. The Kier molecular flexibility index (Phi) is 3.82. The molecule has 1 spiro atoms. The van der Waals surface area contributed by atoms with Crippen molar-refractivity contribution in [2.45, 2.75) is 30.6 Å². The normalized spacial score (nSPS) is 33.8. The van der Waals surface area contributed by atoms with E-state index in [1.165, 1.54) is 4.90 Å². The molecule has 2 unspecified atom stereocenters. The standard InChI is InChI=1S/C16H18BN2O5/c1-19-10-12(20)23-17(24-15(21)16(19)8-5-9-18-16)14-13(22-14)11-6-3-2-4-7-11/h2-4,6-7,13-14,18H,1,5,8-10H2/q-1/t13?,14?,16-/m1/s1. The Hall–Kier alpha value is -1.90. The van der Waals surface area contributed by atoms with Crippen molar-refractivity contribution in [1.82, 2.24) is 10.2 Å². The van der Waals surface area contributed by atoms with Crippen molar-refractivity contribution in [3.8, 4) is 0 Å². The van der Waals surface area contributed by atoms with Crippen LogP contribution in [0.4, 0.5) is 0 Å². The van der Waals surface area contributed by atoms with Gasteiger partial charge in [-0.05, 0) is 24.9 Å². The van der Waals surface area contributed by atoms with Crippen LogP contribution in [0.25, 0.3) is 0 Å². The third kappa shape index (κ3) is 2.60. The highest BCUT2D eigenvalue weighted by atomic mass is 16.7. The van der Waals surface area contributed by atoms with Crippen molar-refractivity contribution in [2.75, 3.05) is 13.1 Å². The molecule has 7 nitrogen and oxygen atoms in total. The molecule has 24 heavy (non-hydrogen) atoms. The number of hydrogen-bond donors (Lipinski definition) is 1. The lowest BCUT2D eigenvalue weighted by Crippen LogP contribution is -2.63. The predicted molar refractivity (Wildman–Crippen MR) is 84.0 cm³/mol. The van der Waals surface area contributed by atoms with Crippen LogP contribution in [0, 0.1) is 7.05 Å². The molecule has 3 heterocycles. The van der Waals surface area contributed by atoms with Gasteiger partial charge in [-0.2, -0.15) is 0 Å². The molecular weight excluding hydrogens is 311 g/mol. The first-order valence-electron chi connectivity index (χ1n) is 8.04. The number of carbonyl (C=O) groups is 2. The van der Waals surface area contributed by atoms with Crippen LogP contribution in [-0.2, 0) is 23.6 Å². The number of ether oxygens (including phenoxy) is 1. The molecule has 3 fully saturated rings. The monoisotopic (exact) mass is 329 g/mol. The molecule has 4 rings (SSSR count). The van der Waals surface area contributed by atoms with E-state index in [0.717, 1.165) is 12.0 Å². The maximum atomic E-state index is 12.7. The van der Waals surface area contributed by atoms with E-state index in [-0.39, 0.29) is 12.6 Å². The third-order valence-electron chi connectivity index (χ3n) is 4.72. The summed E-state index contributed by atoms with van der Waals surface area (Å²) >= 11 is 0. The average molecular weight is 329 g/mol. The van der Waals surface area contributed by atoms with E-state index in [1.54, 1.807) is 0 Å². The molecular formula is C16H18BN2O5-. The van der Waals surface area contributed by atoms with Gasteiger partial charge >= 0.3 is 19.1 Å². The van der Waals surface area contributed by atoms with Crippen molar-refractivity contribution < 1.29 is 23.6 Å². The fourth-order valence-corrected chi connectivity index (χ4v) is 3.36. The van der Waals surface area contributed by atoms with Crippen LogP contribution in [0.2, 0.25) is 0 Å². The maximum absolute atomic E-state index is 12.7. The van der Waals surface area contributed by atoms with Crippen molar-refractivity contribution in [3.05, 3.63) is 42.9 Å². The lowest BCUT2D eigenvalue weighted by molar-refractivity contribution is -0.157. The van der Waals surface area contributed by atoms with Gasteiger partial charge in [0.15, 0.2) is 6.00 Å². The Bertz CT molecular complexity index is 649. The van der Waals surface area contributed by atoms with E-state index in [1.807, 2.05) is 30.3 Å². The Balaban J connectivity index is 1.53. The lowest BCUT2D eigenvalue weighted by Gasteiger charge is -2.43. The van der Waals surface area contributed by atoms with Gasteiger partial charge < -0.3 is 18.9 Å². The molecule has 0 aliphatic carbocycles. The van der Waals surface area contributed by atoms with Gasteiger partial charge in [0.25, 0.3) is 0 Å². The fraction of sp³-hybridized carbons (Fsp3) is 0.438. The van der Waals surface area contributed by atoms with Crippen LogP contribution in [0.1, 0.15) is 24.5 Å². The van der Waals surface area contributed by atoms with Crippen LogP contribution in [0.3, 0.4) is 0 Å². The van der Waals surface area contributed by atoms with Gasteiger partial charge in [-0.25, -0.2) is 0 Å². The molecule has 1 aromatic carbocycles. The molecule has 1 N–H and O–H groups in total. The molecule has 0 aromatic heterocycles.